The van der Waals surface area contributed by atoms with Crippen molar-refractivity contribution < 1.29 is 32.3 Å². The molecule has 0 bridgehead atoms. The summed E-state index contributed by atoms with van der Waals surface area (Å²) in [6.07, 6.45) is -0.613. The summed E-state index contributed by atoms with van der Waals surface area (Å²) < 4.78 is 43.8. The Labute approximate surface area is 160 Å². The molecule has 2 aliphatic rings. The third-order valence-corrected chi connectivity index (χ3v) is 5.11. The summed E-state index contributed by atoms with van der Waals surface area (Å²) in [6, 6.07) is 4.71. The zero-order chi connectivity index (χ0) is 20.3. The molecule has 1 N–H and O–H groups in total. The number of anilines is 1. The molecule has 28 heavy (non-hydrogen) atoms. The van der Waals surface area contributed by atoms with Crippen LogP contribution in [-0.4, -0.2) is 41.9 Å². The van der Waals surface area contributed by atoms with E-state index in [9.17, 15) is 27.6 Å². The van der Waals surface area contributed by atoms with Crippen molar-refractivity contribution >= 4 is 23.5 Å². The molecule has 1 atom stereocenters. The second-order valence-electron chi connectivity index (χ2n) is 7.08. The number of hydrogen-bond acceptors (Lipinski definition) is 4. The third-order valence-electron chi connectivity index (χ3n) is 5.11. The number of hydrogen-bond donors (Lipinski definition) is 1. The first-order valence-electron chi connectivity index (χ1n) is 9.18. The van der Waals surface area contributed by atoms with Crippen LogP contribution in [0.5, 0.6) is 0 Å². The van der Waals surface area contributed by atoms with Crippen molar-refractivity contribution in [2.24, 2.45) is 5.92 Å². The number of nitrogens with zero attached hydrogens (tertiary/aromatic N) is 1. The Morgan fingerprint density at radius 1 is 1.18 bits per heavy atom. The van der Waals surface area contributed by atoms with E-state index in [0.29, 0.717) is 0 Å². The van der Waals surface area contributed by atoms with E-state index < -0.39 is 41.8 Å². The molecule has 1 aliphatic carbocycles. The van der Waals surface area contributed by atoms with Gasteiger partial charge in [-0.25, -0.2) is 0 Å². The van der Waals surface area contributed by atoms with E-state index in [4.69, 9.17) is 4.74 Å². The molecule has 0 spiro atoms. The quantitative estimate of drug-likeness (QED) is 0.774. The highest BCUT2D eigenvalue weighted by atomic mass is 19.4. The number of alkyl halides is 3. The van der Waals surface area contributed by atoms with E-state index in [2.05, 4.69) is 5.32 Å². The van der Waals surface area contributed by atoms with Crippen LogP contribution < -0.4 is 5.32 Å². The SMILES string of the molecule is O=C(COC(=O)[C@@H]1CC(=O)N(C2CCCC2)C1)Nc1ccccc1C(F)(F)F. The highest BCUT2D eigenvalue weighted by Crippen LogP contribution is 2.34. The van der Waals surface area contributed by atoms with E-state index in [-0.39, 0.29) is 24.9 Å². The number of rotatable bonds is 5. The van der Waals surface area contributed by atoms with E-state index in [1.165, 1.54) is 12.1 Å². The van der Waals surface area contributed by atoms with Crippen LogP contribution in [0.25, 0.3) is 0 Å². The maximum atomic E-state index is 12.9. The Hall–Kier alpha value is -2.58. The molecule has 6 nitrogen and oxygen atoms in total. The van der Waals surface area contributed by atoms with Gasteiger partial charge >= 0.3 is 12.1 Å². The molecule has 1 saturated carbocycles. The van der Waals surface area contributed by atoms with Crippen LogP contribution >= 0.6 is 0 Å². The summed E-state index contributed by atoms with van der Waals surface area (Å²) in [5.74, 6) is -2.31. The van der Waals surface area contributed by atoms with Crippen molar-refractivity contribution in [2.75, 3.05) is 18.5 Å². The molecule has 0 radical (unpaired) electrons. The largest absolute Gasteiger partial charge is 0.455 e. The van der Waals surface area contributed by atoms with E-state index in [1.54, 1.807) is 4.90 Å². The van der Waals surface area contributed by atoms with Crippen molar-refractivity contribution in [1.82, 2.24) is 4.90 Å². The van der Waals surface area contributed by atoms with Crippen LogP contribution in [-0.2, 0) is 25.3 Å². The van der Waals surface area contributed by atoms with Crippen molar-refractivity contribution in [3.63, 3.8) is 0 Å². The number of carbonyl (C=O) groups is 3. The average molecular weight is 398 g/mol. The lowest BCUT2D eigenvalue weighted by Crippen LogP contribution is -2.35. The number of nitrogens with one attached hydrogen (secondary N) is 1. The number of benzene rings is 1. The summed E-state index contributed by atoms with van der Waals surface area (Å²) in [6.45, 7) is -0.444. The fourth-order valence-corrected chi connectivity index (χ4v) is 3.74. The molecule has 2 fully saturated rings. The molecule has 3 rings (SSSR count). The predicted octanol–water partition coefficient (Wildman–Crippen LogP) is 2.98. The summed E-state index contributed by atoms with van der Waals surface area (Å²) in [7, 11) is 0. The fraction of sp³-hybridized carbons (Fsp3) is 0.526. The monoisotopic (exact) mass is 398 g/mol. The minimum atomic E-state index is -4.62. The Kier molecular flexibility index (Phi) is 5.90. The number of para-hydroxylation sites is 1. The third kappa shape index (κ3) is 4.63. The first kappa shape index (κ1) is 20.2. The number of amides is 2. The van der Waals surface area contributed by atoms with Gasteiger partial charge in [0.2, 0.25) is 5.91 Å². The minimum absolute atomic E-state index is 0.0356. The van der Waals surface area contributed by atoms with Crippen molar-refractivity contribution in [2.45, 2.75) is 44.3 Å². The van der Waals surface area contributed by atoms with Gasteiger partial charge in [-0.15, -0.1) is 0 Å². The van der Waals surface area contributed by atoms with E-state index >= 15 is 0 Å². The number of likely N-dealkylation sites (tertiary alicyclic amines) is 1. The van der Waals surface area contributed by atoms with Gasteiger partial charge in [0.15, 0.2) is 6.61 Å². The number of carbonyl (C=O) groups excluding carboxylic acids is 3. The van der Waals surface area contributed by atoms with Gasteiger partial charge in [-0.05, 0) is 25.0 Å². The van der Waals surface area contributed by atoms with Crippen LogP contribution in [0.4, 0.5) is 18.9 Å². The van der Waals surface area contributed by atoms with Gasteiger partial charge < -0.3 is 15.0 Å². The molecular formula is C19H21F3N2O4. The highest BCUT2D eigenvalue weighted by Gasteiger charge is 2.39. The number of ether oxygens (including phenoxy) is 1. The van der Waals surface area contributed by atoms with Crippen LogP contribution in [0.1, 0.15) is 37.7 Å². The van der Waals surface area contributed by atoms with Gasteiger partial charge in [-0.2, -0.15) is 13.2 Å². The summed E-state index contributed by atoms with van der Waals surface area (Å²) in [4.78, 5) is 37.9. The average Bonchev–Trinajstić information content (AvgIpc) is 3.28. The van der Waals surface area contributed by atoms with Crippen molar-refractivity contribution in [1.29, 1.82) is 0 Å². The molecule has 0 aromatic heterocycles. The van der Waals surface area contributed by atoms with Gasteiger partial charge in [-0.1, -0.05) is 25.0 Å². The topological polar surface area (TPSA) is 75.7 Å². The van der Waals surface area contributed by atoms with Crippen LogP contribution in [0.2, 0.25) is 0 Å². The predicted molar refractivity (Wildman–Crippen MR) is 93.1 cm³/mol. The van der Waals surface area contributed by atoms with Crippen LogP contribution in [0.15, 0.2) is 24.3 Å². The molecule has 1 aromatic carbocycles. The van der Waals surface area contributed by atoms with Gasteiger partial charge in [0.05, 0.1) is 17.2 Å². The molecule has 152 valence electrons. The zero-order valence-corrected chi connectivity index (χ0v) is 15.1. The molecule has 1 aromatic rings. The summed E-state index contributed by atoms with van der Waals surface area (Å²) in [5.41, 5.74) is -1.39. The van der Waals surface area contributed by atoms with E-state index in [0.717, 1.165) is 37.8 Å². The summed E-state index contributed by atoms with van der Waals surface area (Å²) >= 11 is 0. The number of esters is 1. The summed E-state index contributed by atoms with van der Waals surface area (Å²) in [5, 5.41) is 2.11. The second kappa shape index (κ2) is 8.20. The highest BCUT2D eigenvalue weighted by molar-refractivity contribution is 5.94. The Bertz CT molecular complexity index is 760. The van der Waals surface area contributed by atoms with Crippen molar-refractivity contribution in [3.05, 3.63) is 29.8 Å². The fourth-order valence-electron chi connectivity index (χ4n) is 3.74. The Morgan fingerprint density at radius 3 is 2.54 bits per heavy atom. The molecule has 2 amide bonds. The normalized spacial score (nSPS) is 20.5. The van der Waals surface area contributed by atoms with Crippen LogP contribution in [0.3, 0.4) is 0 Å². The first-order valence-corrected chi connectivity index (χ1v) is 9.18. The molecule has 9 heteroatoms. The van der Waals surface area contributed by atoms with Crippen molar-refractivity contribution in [3.8, 4) is 0 Å². The molecule has 1 saturated heterocycles. The lowest BCUT2D eigenvalue weighted by atomic mass is 10.1. The zero-order valence-electron chi connectivity index (χ0n) is 15.1. The van der Waals surface area contributed by atoms with Gasteiger partial charge in [0.25, 0.3) is 5.91 Å². The first-order chi connectivity index (χ1) is 13.3. The Morgan fingerprint density at radius 2 is 1.86 bits per heavy atom. The lowest BCUT2D eigenvalue weighted by Gasteiger charge is -2.23. The van der Waals surface area contributed by atoms with Gasteiger partial charge in [0, 0.05) is 19.0 Å². The smallest absolute Gasteiger partial charge is 0.418 e. The standard InChI is InChI=1S/C19H21F3N2O4/c20-19(21,22)14-7-3-4-8-15(14)23-16(25)11-28-18(27)12-9-17(26)24(10-12)13-5-1-2-6-13/h3-4,7-8,12-13H,1-2,5-6,9-11H2,(H,23,25)/t12-/m1/s1. The molecular weight excluding hydrogens is 377 g/mol. The van der Waals surface area contributed by atoms with Crippen LogP contribution in [0, 0.1) is 5.92 Å². The van der Waals surface area contributed by atoms with E-state index in [1.807, 2.05) is 0 Å². The molecule has 1 heterocycles. The van der Waals surface area contributed by atoms with Gasteiger partial charge in [-0.3, -0.25) is 14.4 Å². The maximum Gasteiger partial charge on any atom is 0.418 e. The second-order valence-corrected chi connectivity index (χ2v) is 7.08. The Balaban J connectivity index is 1.51. The minimum Gasteiger partial charge on any atom is -0.455 e. The maximum absolute atomic E-state index is 12.9. The molecule has 1 aliphatic heterocycles. The number of halogens is 3. The lowest BCUT2D eigenvalue weighted by molar-refractivity contribution is -0.151. The molecule has 0 unspecified atom stereocenters. The van der Waals surface area contributed by atoms with Gasteiger partial charge in [0.1, 0.15) is 0 Å².